The summed E-state index contributed by atoms with van der Waals surface area (Å²) >= 11 is 0. The molecule has 2 amide bonds. The Morgan fingerprint density at radius 2 is 1.79 bits per heavy atom. The number of hydrogen-bond donors (Lipinski definition) is 2. The molecular formula is C17H21N3O4. The van der Waals surface area contributed by atoms with Crippen molar-refractivity contribution in [1.29, 1.82) is 0 Å². The van der Waals surface area contributed by atoms with Crippen molar-refractivity contribution in [1.82, 2.24) is 10.3 Å². The molecular weight excluding hydrogens is 310 g/mol. The Bertz CT molecular complexity index is 689. The summed E-state index contributed by atoms with van der Waals surface area (Å²) in [6.07, 6.45) is 1.53. The van der Waals surface area contributed by atoms with Gasteiger partial charge in [0, 0.05) is 6.07 Å². The van der Waals surface area contributed by atoms with E-state index in [2.05, 4.69) is 15.6 Å². The van der Waals surface area contributed by atoms with Gasteiger partial charge in [-0.15, -0.1) is 0 Å². The zero-order valence-electron chi connectivity index (χ0n) is 14.1. The maximum absolute atomic E-state index is 12.1. The largest absolute Gasteiger partial charge is 0.493 e. The number of rotatable bonds is 6. The summed E-state index contributed by atoms with van der Waals surface area (Å²) in [5, 5.41) is 5.58. The Kier molecular flexibility index (Phi) is 5.83. The van der Waals surface area contributed by atoms with Crippen LogP contribution >= 0.6 is 0 Å². The number of amides is 2. The normalized spacial score (nSPS) is 11.3. The molecule has 0 unspecified atom stereocenters. The molecule has 1 aromatic carbocycles. The molecule has 24 heavy (non-hydrogen) atoms. The third-order valence-corrected chi connectivity index (χ3v) is 3.46. The maximum atomic E-state index is 12.1. The highest BCUT2D eigenvalue weighted by Gasteiger charge is 2.13. The molecule has 0 saturated carbocycles. The molecule has 0 fully saturated rings. The Hall–Kier alpha value is -2.96. The smallest absolute Gasteiger partial charge is 0.319 e. The van der Waals surface area contributed by atoms with Crippen molar-refractivity contribution >= 4 is 11.7 Å². The Balaban J connectivity index is 2.00. The van der Waals surface area contributed by atoms with Crippen LogP contribution in [-0.4, -0.2) is 32.3 Å². The predicted octanol–water partition coefficient (Wildman–Crippen LogP) is 2.99. The second-order valence-corrected chi connectivity index (χ2v) is 5.02. The van der Waals surface area contributed by atoms with Crippen LogP contribution in [0.2, 0.25) is 0 Å². The van der Waals surface area contributed by atoms with Crippen molar-refractivity contribution in [2.24, 2.45) is 0 Å². The van der Waals surface area contributed by atoms with Gasteiger partial charge in [-0.25, -0.2) is 9.78 Å². The fourth-order valence-electron chi connectivity index (χ4n) is 2.14. The van der Waals surface area contributed by atoms with Crippen molar-refractivity contribution in [3.63, 3.8) is 0 Å². The highest BCUT2D eigenvalue weighted by atomic mass is 16.5. The number of carbonyl (C=O) groups excluding carboxylic acids is 1. The van der Waals surface area contributed by atoms with Crippen LogP contribution in [0.1, 0.15) is 18.5 Å². The second-order valence-electron chi connectivity index (χ2n) is 5.02. The Morgan fingerprint density at radius 1 is 1.04 bits per heavy atom. The van der Waals surface area contributed by atoms with Crippen LogP contribution in [0.25, 0.3) is 0 Å². The van der Waals surface area contributed by atoms with Gasteiger partial charge in [-0.3, -0.25) is 0 Å². The van der Waals surface area contributed by atoms with Gasteiger partial charge in [-0.05, 0) is 30.7 Å². The summed E-state index contributed by atoms with van der Waals surface area (Å²) in [5.41, 5.74) is 1.48. The van der Waals surface area contributed by atoms with E-state index in [1.54, 1.807) is 32.4 Å². The van der Waals surface area contributed by atoms with Gasteiger partial charge in [0.25, 0.3) is 0 Å². The topological polar surface area (TPSA) is 81.7 Å². The number of urea groups is 1. The number of ether oxygens (including phenoxy) is 3. The van der Waals surface area contributed by atoms with E-state index in [4.69, 9.17) is 14.2 Å². The summed E-state index contributed by atoms with van der Waals surface area (Å²) in [4.78, 5) is 16.1. The van der Waals surface area contributed by atoms with E-state index in [9.17, 15) is 4.79 Å². The average Bonchev–Trinajstić information content (AvgIpc) is 2.61. The molecule has 0 aliphatic carbocycles. The van der Waals surface area contributed by atoms with E-state index in [0.717, 1.165) is 5.56 Å². The quantitative estimate of drug-likeness (QED) is 0.850. The summed E-state index contributed by atoms with van der Waals surface area (Å²) in [6, 6.07) is 8.36. The fraction of sp³-hybridized carbons (Fsp3) is 0.294. The number of hydrogen-bond acceptors (Lipinski definition) is 5. The first-order chi connectivity index (χ1) is 11.6. The molecule has 7 heteroatoms. The first-order valence-electron chi connectivity index (χ1n) is 7.37. The number of methoxy groups -OCH3 is 3. The first-order valence-corrected chi connectivity index (χ1v) is 7.37. The molecule has 0 saturated heterocycles. The summed E-state index contributed by atoms with van der Waals surface area (Å²) in [7, 11) is 4.69. The Morgan fingerprint density at radius 3 is 2.38 bits per heavy atom. The van der Waals surface area contributed by atoms with Crippen molar-refractivity contribution in [2.75, 3.05) is 26.6 Å². The van der Waals surface area contributed by atoms with Crippen LogP contribution in [0.4, 0.5) is 10.5 Å². The summed E-state index contributed by atoms with van der Waals surface area (Å²) in [5.74, 6) is 1.74. The van der Waals surface area contributed by atoms with Crippen molar-refractivity contribution in [3.8, 4) is 17.4 Å². The van der Waals surface area contributed by atoms with E-state index in [-0.39, 0.29) is 12.1 Å². The predicted molar refractivity (Wildman–Crippen MR) is 90.9 cm³/mol. The van der Waals surface area contributed by atoms with Crippen LogP contribution in [0.5, 0.6) is 17.4 Å². The molecule has 0 radical (unpaired) electrons. The van der Waals surface area contributed by atoms with Crippen molar-refractivity contribution < 1.29 is 19.0 Å². The highest BCUT2D eigenvalue weighted by Crippen LogP contribution is 2.29. The summed E-state index contributed by atoms with van der Waals surface area (Å²) < 4.78 is 15.5. The van der Waals surface area contributed by atoms with Gasteiger partial charge in [0.15, 0.2) is 11.5 Å². The maximum Gasteiger partial charge on any atom is 0.319 e. The van der Waals surface area contributed by atoms with E-state index >= 15 is 0 Å². The first kappa shape index (κ1) is 17.4. The van der Waals surface area contributed by atoms with Gasteiger partial charge in [-0.2, -0.15) is 0 Å². The molecule has 0 aliphatic heterocycles. The molecule has 0 spiro atoms. The van der Waals surface area contributed by atoms with Crippen LogP contribution in [0.3, 0.4) is 0 Å². The third-order valence-electron chi connectivity index (χ3n) is 3.46. The van der Waals surface area contributed by atoms with Crippen LogP contribution in [-0.2, 0) is 0 Å². The monoisotopic (exact) mass is 331 g/mol. The molecule has 2 rings (SSSR count). The van der Waals surface area contributed by atoms with Crippen LogP contribution in [0, 0.1) is 0 Å². The molecule has 128 valence electrons. The van der Waals surface area contributed by atoms with Crippen LogP contribution < -0.4 is 24.8 Å². The fourth-order valence-corrected chi connectivity index (χ4v) is 2.14. The van der Waals surface area contributed by atoms with E-state index in [1.165, 1.54) is 13.3 Å². The number of nitrogens with one attached hydrogen (secondary N) is 2. The van der Waals surface area contributed by atoms with E-state index < -0.39 is 0 Å². The zero-order chi connectivity index (χ0) is 17.5. The minimum atomic E-state index is -0.329. The van der Waals surface area contributed by atoms with E-state index in [1.807, 2.05) is 19.1 Å². The average molecular weight is 331 g/mol. The molecule has 1 heterocycles. The molecule has 2 aromatic rings. The molecule has 1 aromatic heterocycles. The molecule has 0 bridgehead atoms. The molecule has 1 atom stereocenters. The SMILES string of the molecule is COc1ccc(NC(=O)N[C@H](C)c2ccc(OC)c(OC)c2)cn1. The van der Waals surface area contributed by atoms with Crippen LogP contribution in [0.15, 0.2) is 36.5 Å². The minimum absolute atomic E-state index is 0.212. The number of carbonyl (C=O) groups is 1. The molecule has 7 nitrogen and oxygen atoms in total. The number of pyridine rings is 1. The Labute approximate surface area is 140 Å². The number of benzene rings is 1. The van der Waals surface area contributed by atoms with Gasteiger partial charge in [0.1, 0.15) is 0 Å². The van der Waals surface area contributed by atoms with Gasteiger partial charge >= 0.3 is 6.03 Å². The van der Waals surface area contributed by atoms with Gasteiger partial charge in [0.05, 0.1) is 39.3 Å². The lowest BCUT2D eigenvalue weighted by Gasteiger charge is -2.17. The van der Waals surface area contributed by atoms with Crippen molar-refractivity contribution in [2.45, 2.75) is 13.0 Å². The second kappa shape index (κ2) is 8.05. The third kappa shape index (κ3) is 4.28. The number of nitrogens with zero attached hydrogens (tertiary/aromatic N) is 1. The standard InChI is InChI=1S/C17H21N3O4/c1-11(12-5-7-14(22-2)15(9-12)23-3)19-17(21)20-13-6-8-16(24-4)18-10-13/h5-11H,1-4H3,(H2,19,20,21)/t11-/m1/s1. The summed E-state index contributed by atoms with van der Waals surface area (Å²) in [6.45, 7) is 1.88. The number of aromatic nitrogens is 1. The lowest BCUT2D eigenvalue weighted by molar-refractivity contribution is 0.249. The number of anilines is 1. The van der Waals surface area contributed by atoms with Gasteiger partial charge < -0.3 is 24.8 Å². The zero-order valence-corrected chi connectivity index (χ0v) is 14.1. The molecule has 0 aliphatic rings. The van der Waals surface area contributed by atoms with Gasteiger partial charge in [0.2, 0.25) is 5.88 Å². The van der Waals surface area contributed by atoms with Gasteiger partial charge in [-0.1, -0.05) is 6.07 Å². The van der Waals surface area contributed by atoms with Crippen molar-refractivity contribution in [3.05, 3.63) is 42.1 Å². The minimum Gasteiger partial charge on any atom is -0.493 e. The lowest BCUT2D eigenvalue weighted by Crippen LogP contribution is -2.31. The molecule has 2 N–H and O–H groups in total. The van der Waals surface area contributed by atoms with E-state index in [0.29, 0.717) is 23.1 Å². The lowest BCUT2D eigenvalue weighted by atomic mass is 10.1. The highest BCUT2D eigenvalue weighted by molar-refractivity contribution is 5.89.